The Kier molecular flexibility index (Phi) is 6.02. The standard InChI is InChI=1S/C8H14O7/c1-2-15-8(14)7(13)6(12)5(11)4(10)3-9/h4-6,9-12H,2-3H2,1H3/t4-,5+,6-/m0/s1. The number of carbonyl (C=O) groups excluding carboxylic acids is 2. The van der Waals surface area contributed by atoms with E-state index in [1.54, 1.807) is 0 Å². The fourth-order valence-corrected chi connectivity index (χ4v) is 0.796. The summed E-state index contributed by atoms with van der Waals surface area (Å²) < 4.78 is 4.28. The van der Waals surface area contributed by atoms with Gasteiger partial charge in [0.15, 0.2) is 6.10 Å². The molecule has 0 unspecified atom stereocenters. The first kappa shape index (κ1) is 14.0. The highest BCUT2D eigenvalue weighted by Gasteiger charge is 2.34. The highest BCUT2D eigenvalue weighted by Crippen LogP contribution is 2.02. The van der Waals surface area contributed by atoms with Gasteiger partial charge >= 0.3 is 5.97 Å². The molecule has 0 aromatic carbocycles. The van der Waals surface area contributed by atoms with E-state index in [-0.39, 0.29) is 6.61 Å². The van der Waals surface area contributed by atoms with Crippen LogP contribution in [-0.4, -0.2) is 63.7 Å². The molecule has 0 rings (SSSR count). The molecule has 0 amide bonds. The summed E-state index contributed by atoms with van der Waals surface area (Å²) in [5.74, 6) is -2.66. The van der Waals surface area contributed by atoms with Crippen LogP contribution in [0, 0.1) is 0 Å². The Morgan fingerprint density at radius 3 is 2.20 bits per heavy atom. The van der Waals surface area contributed by atoms with Crippen LogP contribution in [-0.2, 0) is 14.3 Å². The predicted octanol–water partition coefficient (Wildman–Crippen LogP) is -2.81. The minimum absolute atomic E-state index is 0.0457. The lowest BCUT2D eigenvalue weighted by molar-refractivity contribution is -0.163. The molecule has 7 heteroatoms. The molecular weight excluding hydrogens is 208 g/mol. The van der Waals surface area contributed by atoms with Crippen molar-refractivity contribution < 1.29 is 34.8 Å². The Hall–Kier alpha value is -1.02. The highest BCUT2D eigenvalue weighted by atomic mass is 16.5. The first-order valence-electron chi connectivity index (χ1n) is 4.31. The second-order valence-electron chi connectivity index (χ2n) is 2.77. The average Bonchev–Trinajstić information content (AvgIpc) is 2.25. The van der Waals surface area contributed by atoms with Gasteiger partial charge in [-0.15, -0.1) is 0 Å². The molecule has 3 atom stereocenters. The van der Waals surface area contributed by atoms with Crippen molar-refractivity contribution in [2.24, 2.45) is 0 Å². The van der Waals surface area contributed by atoms with Crippen molar-refractivity contribution in [3.8, 4) is 0 Å². The van der Waals surface area contributed by atoms with E-state index in [1.165, 1.54) is 6.92 Å². The maximum absolute atomic E-state index is 11.0. The van der Waals surface area contributed by atoms with Gasteiger partial charge in [-0.25, -0.2) is 4.79 Å². The van der Waals surface area contributed by atoms with E-state index in [2.05, 4.69) is 4.74 Å². The van der Waals surface area contributed by atoms with Crippen LogP contribution in [0.5, 0.6) is 0 Å². The second kappa shape index (κ2) is 6.46. The van der Waals surface area contributed by atoms with Crippen molar-refractivity contribution in [1.29, 1.82) is 0 Å². The van der Waals surface area contributed by atoms with E-state index in [0.717, 1.165) is 0 Å². The molecule has 0 spiro atoms. The Bertz CT molecular complexity index is 227. The lowest BCUT2D eigenvalue weighted by atomic mass is 10.1. The van der Waals surface area contributed by atoms with Gasteiger partial charge in [-0.3, -0.25) is 4.79 Å². The molecule has 0 heterocycles. The van der Waals surface area contributed by atoms with E-state index in [0.29, 0.717) is 0 Å². The van der Waals surface area contributed by atoms with Gasteiger partial charge in [0.1, 0.15) is 12.2 Å². The molecule has 15 heavy (non-hydrogen) atoms. The number of esters is 1. The number of hydrogen-bond donors (Lipinski definition) is 4. The van der Waals surface area contributed by atoms with Crippen molar-refractivity contribution in [3.63, 3.8) is 0 Å². The molecular formula is C8H14O7. The highest BCUT2D eigenvalue weighted by molar-refractivity contribution is 6.35. The number of aliphatic hydroxyl groups excluding tert-OH is 4. The lowest BCUT2D eigenvalue weighted by Gasteiger charge is -2.19. The monoisotopic (exact) mass is 222 g/mol. The SMILES string of the molecule is CCOC(=O)C(=O)[C@@H](O)[C@H](O)[C@@H](O)CO. The van der Waals surface area contributed by atoms with Gasteiger partial charge < -0.3 is 25.2 Å². The molecule has 0 saturated carbocycles. The summed E-state index contributed by atoms with van der Waals surface area (Å²) in [6, 6.07) is 0. The van der Waals surface area contributed by atoms with E-state index >= 15 is 0 Å². The first-order chi connectivity index (χ1) is 6.95. The Balaban J connectivity index is 4.37. The van der Waals surface area contributed by atoms with Crippen molar-refractivity contribution in [3.05, 3.63) is 0 Å². The molecule has 0 saturated heterocycles. The number of ether oxygens (including phenoxy) is 1. The average molecular weight is 222 g/mol. The van der Waals surface area contributed by atoms with E-state index in [1.807, 2.05) is 0 Å². The normalized spacial score (nSPS) is 16.6. The van der Waals surface area contributed by atoms with Crippen LogP contribution in [0.2, 0.25) is 0 Å². The van der Waals surface area contributed by atoms with Crippen molar-refractivity contribution in [1.82, 2.24) is 0 Å². The van der Waals surface area contributed by atoms with Crippen LogP contribution in [0.1, 0.15) is 6.92 Å². The van der Waals surface area contributed by atoms with E-state index < -0.39 is 36.7 Å². The van der Waals surface area contributed by atoms with Gasteiger partial charge in [-0.2, -0.15) is 0 Å². The van der Waals surface area contributed by atoms with Gasteiger partial charge in [-0.1, -0.05) is 0 Å². The third kappa shape index (κ3) is 3.92. The zero-order valence-electron chi connectivity index (χ0n) is 8.16. The molecule has 0 radical (unpaired) electrons. The van der Waals surface area contributed by atoms with Crippen LogP contribution in [0.15, 0.2) is 0 Å². The molecule has 0 aliphatic rings. The van der Waals surface area contributed by atoms with Gasteiger partial charge in [0, 0.05) is 0 Å². The van der Waals surface area contributed by atoms with Crippen molar-refractivity contribution in [2.75, 3.05) is 13.2 Å². The predicted molar refractivity (Wildman–Crippen MR) is 46.7 cm³/mol. The number of hydrogen-bond acceptors (Lipinski definition) is 7. The maximum Gasteiger partial charge on any atom is 0.377 e. The van der Waals surface area contributed by atoms with E-state index in [4.69, 9.17) is 20.4 Å². The number of carbonyl (C=O) groups is 2. The smallest absolute Gasteiger partial charge is 0.377 e. The van der Waals surface area contributed by atoms with E-state index in [9.17, 15) is 9.59 Å². The first-order valence-corrected chi connectivity index (χ1v) is 4.31. The number of Topliss-reactive ketones (excluding diaryl/α,β-unsaturated/α-hetero) is 1. The van der Waals surface area contributed by atoms with Crippen LogP contribution >= 0.6 is 0 Å². The number of ketones is 1. The minimum Gasteiger partial charge on any atom is -0.460 e. The summed E-state index contributed by atoms with van der Waals surface area (Å²) in [4.78, 5) is 21.8. The molecule has 0 aliphatic heterocycles. The summed E-state index contributed by atoms with van der Waals surface area (Å²) in [7, 11) is 0. The molecule has 7 nitrogen and oxygen atoms in total. The zero-order chi connectivity index (χ0) is 12.0. The van der Waals surface area contributed by atoms with Crippen LogP contribution < -0.4 is 0 Å². The number of aliphatic hydroxyl groups is 4. The topological polar surface area (TPSA) is 124 Å². The third-order valence-corrected chi connectivity index (χ3v) is 1.65. The van der Waals surface area contributed by atoms with Gasteiger partial charge in [0.25, 0.3) is 5.78 Å². The van der Waals surface area contributed by atoms with Crippen molar-refractivity contribution in [2.45, 2.75) is 25.2 Å². The largest absolute Gasteiger partial charge is 0.460 e. The summed E-state index contributed by atoms with van der Waals surface area (Å²) in [6.07, 6.45) is -5.73. The number of rotatable bonds is 6. The van der Waals surface area contributed by atoms with Gasteiger partial charge in [-0.05, 0) is 6.92 Å². The molecule has 0 aromatic rings. The van der Waals surface area contributed by atoms with Crippen molar-refractivity contribution >= 4 is 11.8 Å². The molecule has 0 aliphatic carbocycles. The summed E-state index contributed by atoms with van der Waals surface area (Å²) in [6.45, 7) is 0.584. The Morgan fingerprint density at radius 2 is 1.80 bits per heavy atom. The molecule has 88 valence electrons. The molecule has 0 aromatic heterocycles. The summed E-state index contributed by atoms with van der Waals surface area (Å²) in [5.41, 5.74) is 0. The van der Waals surface area contributed by atoms with Gasteiger partial charge in [0.2, 0.25) is 0 Å². The van der Waals surface area contributed by atoms with Crippen LogP contribution in [0.25, 0.3) is 0 Å². The van der Waals surface area contributed by atoms with Gasteiger partial charge in [0.05, 0.1) is 13.2 Å². The maximum atomic E-state index is 11.0. The molecule has 0 fully saturated rings. The fourth-order valence-electron chi connectivity index (χ4n) is 0.796. The fraction of sp³-hybridized carbons (Fsp3) is 0.750. The Morgan fingerprint density at radius 1 is 1.27 bits per heavy atom. The zero-order valence-corrected chi connectivity index (χ0v) is 8.16. The molecule has 4 N–H and O–H groups in total. The summed E-state index contributed by atoms with van der Waals surface area (Å²) >= 11 is 0. The molecule has 0 bridgehead atoms. The third-order valence-electron chi connectivity index (χ3n) is 1.65. The van der Waals surface area contributed by atoms with Crippen LogP contribution in [0.3, 0.4) is 0 Å². The van der Waals surface area contributed by atoms with Crippen LogP contribution in [0.4, 0.5) is 0 Å². The quantitative estimate of drug-likeness (QED) is 0.282. The summed E-state index contributed by atoms with van der Waals surface area (Å²) in [5, 5.41) is 35.5. The minimum atomic E-state index is -2.11. The Labute approximate surface area is 85.9 Å². The second-order valence-corrected chi connectivity index (χ2v) is 2.77. The lowest BCUT2D eigenvalue weighted by Crippen LogP contribution is -2.46.